The molecule has 0 spiro atoms. The number of carbonyl (C=O) groups is 1. The molecule has 19 heavy (non-hydrogen) atoms. The molecule has 2 aromatic carbocycles. The van der Waals surface area contributed by atoms with Gasteiger partial charge in [0.1, 0.15) is 0 Å². The van der Waals surface area contributed by atoms with Crippen LogP contribution in [0.4, 0.5) is 0 Å². The zero-order valence-corrected chi connectivity index (χ0v) is 11.7. The van der Waals surface area contributed by atoms with Crippen LogP contribution >= 0.6 is 0 Å². The number of carbonyl (C=O) groups excluding carboxylic acids is 1. The number of Topliss-reactive ketones (excluding diaryl/α,β-unsaturated/α-hetero) is 1. The van der Waals surface area contributed by atoms with E-state index in [1.165, 1.54) is 33.4 Å². The van der Waals surface area contributed by atoms with Gasteiger partial charge in [-0.05, 0) is 55.0 Å². The van der Waals surface area contributed by atoms with Crippen molar-refractivity contribution in [3.63, 3.8) is 0 Å². The van der Waals surface area contributed by atoms with Crippen LogP contribution in [-0.2, 0) is 6.42 Å². The summed E-state index contributed by atoms with van der Waals surface area (Å²) in [5, 5.41) is 0. The Morgan fingerprint density at radius 1 is 0.842 bits per heavy atom. The van der Waals surface area contributed by atoms with Crippen molar-refractivity contribution in [2.45, 2.75) is 33.6 Å². The molecule has 1 aliphatic rings. The van der Waals surface area contributed by atoms with Crippen LogP contribution in [0.5, 0.6) is 0 Å². The average molecular weight is 250 g/mol. The molecule has 0 saturated heterocycles. The van der Waals surface area contributed by atoms with Crippen LogP contribution < -0.4 is 0 Å². The van der Waals surface area contributed by atoms with Crippen LogP contribution in [0.25, 0.3) is 11.1 Å². The molecule has 96 valence electrons. The van der Waals surface area contributed by atoms with Gasteiger partial charge in [-0.2, -0.15) is 0 Å². The van der Waals surface area contributed by atoms with E-state index in [4.69, 9.17) is 0 Å². The third kappa shape index (κ3) is 1.90. The fourth-order valence-corrected chi connectivity index (χ4v) is 3.04. The van der Waals surface area contributed by atoms with Gasteiger partial charge in [0.25, 0.3) is 0 Å². The molecule has 2 aromatic rings. The molecule has 1 aliphatic carbocycles. The summed E-state index contributed by atoms with van der Waals surface area (Å²) in [7, 11) is 0. The highest BCUT2D eigenvalue weighted by Gasteiger charge is 2.24. The van der Waals surface area contributed by atoms with Crippen molar-refractivity contribution < 1.29 is 4.79 Å². The van der Waals surface area contributed by atoms with E-state index in [2.05, 4.69) is 45.0 Å². The van der Waals surface area contributed by atoms with Gasteiger partial charge in [0, 0.05) is 12.0 Å². The summed E-state index contributed by atoms with van der Waals surface area (Å²) in [5.41, 5.74) is 8.55. The van der Waals surface area contributed by atoms with Crippen molar-refractivity contribution in [3.8, 4) is 11.1 Å². The summed E-state index contributed by atoms with van der Waals surface area (Å²) in [6, 6.07) is 10.6. The molecule has 0 aromatic heterocycles. The van der Waals surface area contributed by atoms with Crippen LogP contribution in [0.1, 0.15) is 39.0 Å². The van der Waals surface area contributed by atoms with Gasteiger partial charge < -0.3 is 0 Å². The van der Waals surface area contributed by atoms with Gasteiger partial charge in [0.15, 0.2) is 5.78 Å². The summed E-state index contributed by atoms with van der Waals surface area (Å²) in [4.78, 5) is 11.9. The minimum absolute atomic E-state index is 0.293. The number of aryl methyl sites for hydroxylation is 3. The SMILES string of the molecule is Cc1ccc(C)c(-c2c(C)ccc3c2CCC3=O)c1. The van der Waals surface area contributed by atoms with E-state index in [0.29, 0.717) is 12.2 Å². The first-order chi connectivity index (χ1) is 9.08. The van der Waals surface area contributed by atoms with Crippen molar-refractivity contribution in [1.29, 1.82) is 0 Å². The molecule has 1 nitrogen and oxygen atoms in total. The topological polar surface area (TPSA) is 17.1 Å². The zero-order chi connectivity index (χ0) is 13.6. The van der Waals surface area contributed by atoms with Crippen molar-refractivity contribution >= 4 is 5.78 Å². The van der Waals surface area contributed by atoms with Crippen LogP contribution in [0.3, 0.4) is 0 Å². The Balaban J connectivity index is 2.31. The molecule has 1 heteroatoms. The largest absolute Gasteiger partial charge is 0.294 e. The van der Waals surface area contributed by atoms with E-state index in [-0.39, 0.29) is 0 Å². The summed E-state index contributed by atoms with van der Waals surface area (Å²) in [5.74, 6) is 0.293. The molecule has 0 heterocycles. The highest BCUT2D eigenvalue weighted by atomic mass is 16.1. The van der Waals surface area contributed by atoms with Gasteiger partial charge in [0.05, 0.1) is 0 Å². The monoisotopic (exact) mass is 250 g/mol. The molecule has 0 bridgehead atoms. The third-order valence-electron chi connectivity index (χ3n) is 4.09. The quantitative estimate of drug-likeness (QED) is 0.732. The van der Waals surface area contributed by atoms with Gasteiger partial charge in [-0.15, -0.1) is 0 Å². The molecule has 0 N–H and O–H groups in total. The summed E-state index contributed by atoms with van der Waals surface area (Å²) in [6.45, 7) is 6.40. The molecule has 3 rings (SSSR count). The van der Waals surface area contributed by atoms with Gasteiger partial charge in [0.2, 0.25) is 0 Å². The van der Waals surface area contributed by atoms with E-state index in [0.717, 1.165) is 12.0 Å². The van der Waals surface area contributed by atoms with Crippen molar-refractivity contribution in [1.82, 2.24) is 0 Å². The number of fused-ring (bicyclic) bond motifs is 1. The van der Waals surface area contributed by atoms with Crippen molar-refractivity contribution in [3.05, 3.63) is 58.1 Å². The predicted molar refractivity (Wildman–Crippen MR) is 78.7 cm³/mol. The van der Waals surface area contributed by atoms with E-state index in [1.807, 2.05) is 6.07 Å². The Bertz CT molecular complexity index is 680. The van der Waals surface area contributed by atoms with E-state index in [1.54, 1.807) is 0 Å². The molecule has 0 unspecified atom stereocenters. The van der Waals surface area contributed by atoms with Crippen LogP contribution in [0.2, 0.25) is 0 Å². The van der Waals surface area contributed by atoms with E-state index >= 15 is 0 Å². The van der Waals surface area contributed by atoms with Crippen molar-refractivity contribution in [2.24, 2.45) is 0 Å². The molecule has 0 radical (unpaired) electrons. The molecule has 0 atom stereocenters. The Morgan fingerprint density at radius 2 is 1.58 bits per heavy atom. The third-order valence-corrected chi connectivity index (χ3v) is 4.09. The maximum absolute atomic E-state index is 11.9. The molecule has 0 aliphatic heterocycles. The Labute approximate surface area is 114 Å². The minimum atomic E-state index is 0.293. The van der Waals surface area contributed by atoms with Gasteiger partial charge in [-0.25, -0.2) is 0 Å². The van der Waals surface area contributed by atoms with Crippen molar-refractivity contribution in [2.75, 3.05) is 0 Å². The first kappa shape index (κ1) is 12.2. The van der Waals surface area contributed by atoms with Crippen LogP contribution in [-0.4, -0.2) is 5.78 Å². The van der Waals surface area contributed by atoms with E-state index in [9.17, 15) is 4.79 Å². The van der Waals surface area contributed by atoms with Gasteiger partial charge in [-0.1, -0.05) is 35.9 Å². The second-order valence-electron chi connectivity index (χ2n) is 5.53. The normalized spacial score (nSPS) is 13.7. The highest BCUT2D eigenvalue weighted by Crippen LogP contribution is 2.36. The maximum atomic E-state index is 11.9. The number of hydrogen-bond donors (Lipinski definition) is 0. The molecule has 0 saturated carbocycles. The van der Waals surface area contributed by atoms with Crippen LogP contribution in [0, 0.1) is 20.8 Å². The highest BCUT2D eigenvalue weighted by molar-refractivity contribution is 6.03. The number of hydrogen-bond acceptors (Lipinski definition) is 1. The Hall–Kier alpha value is -1.89. The lowest BCUT2D eigenvalue weighted by molar-refractivity contribution is 0.0994. The first-order valence-electron chi connectivity index (χ1n) is 6.81. The fraction of sp³-hybridized carbons (Fsp3) is 0.278. The molecular formula is C18H18O. The summed E-state index contributed by atoms with van der Waals surface area (Å²) < 4.78 is 0. The smallest absolute Gasteiger partial charge is 0.163 e. The predicted octanol–water partition coefficient (Wildman–Crippen LogP) is 4.41. The summed E-state index contributed by atoms with van der Waals surface area (Å²) >= 11 is 0. The average Bonchev–Trinajstić information content (AvgIpc) is 2.75. The standard InChI is InChI=1S/C18H18O/c1-11-4-5-12(2)16(10-11)18-13(3)6-7-14-15(18)8-9-17(14)19/h4-7,10H,8-9H2,1-3H3. The number of ketones is 1. The lowest BCUT2D eigenvalue weighted by atomic mass is 9.89. The second kappa shape index (κ2) is 4.34. The second-order valence-corrected chi connectivity index (χ2v) is 5.53. The Morgan fingerprint density at radius 3 is 2.37 bits per heavy atom. The first-order valence-corrected chi connectivity index (χ1v) is 6.81. The molecular weight excluding hydrogens is 232 g/mol. The number of rotatable bonds is 1. The lowest BCUT2D eigenvalue weighted by Gasteiger charge is -2.15. The maximum Gasteiger partial charge on any atom is 0.163 e. The van der Waals surface area contributed by atoms with Crippen LogP contribution in [0.15, 0.2) is 30.3 Å². The van der Waals surface area contributed by atoms with E-state index < -0.39 is 0 Å². The molecule has 0 amide bonds. The minimum Gasteiger partial charge on any atom is -0.294 e. The molecule has 0 fully saturated rings. The van der Waals surface area contributed by atoms with Gasteiger partial charge >= 0.3 is 0 Å². The zero-order valence-electron chi connectivity index (χ0n) is 11.7. The lowest BCUT2D eigenvalue weighted by Crippen LogP contribution is -1.97. The number of benzene rings is 2. The Kier molecular flexibility index (Phi) is 2.78. The summed E-state index contributed by atoms with van der Waals surface area (Å²) in [6.07, 6.45) is 1.55. The fourth-order valence-electron chi connectivity index (χ4n) is 3.04. The van der Waals surface area contributed by atoms with Gasteiger partial charge in [-0.3, -0.25) is 4.79 Å².